The minimum absolute atomic E-state index is 0.123. The molecular formula is C14H13ClN2O4. The smallest absolute Gasteiger partial charge is 0.305 e. The lowest BCUT2D eigenvalue weighted by Gasteiger charge is -2.06. The lowest BCUT2D eigenvalue weighted by Crippen LogP contribution is -2.15. The second kappa shape index (κ2) is 7.92. The lowest BCUT2D eigenvalue weighted by atomic mass is 10.1. The zero-order valence-corrected chi connectivity index (χ0v) is 12.0. The van der Waals surface area contributed by atoms with Gasteiger partial charge in [-0.15, -0.1) is 0 Å². The van der Waals surface area contributed by atoms with Gasteiger partial charge in [0.05, 0.1) is 13.5 Å². The molecule has 0 spiro atoms. The number of aliphatic hydroxyl groups is 1. The third kappa shape index (κ3) is 5.16. The standard InChI is InChI=1S/C14H13ClN2O4/c1-21-13(19)7-6-12(18)11(8-16)14(20)17-10-4-2-9(15)3-5-10/h2-5,18H,6-7H2,1H3,(H,17,20)/b12-11-. The highest BCUT2D eigenvalue weighted by Crippen LogP contribution is 2.15. The van der Waals surface area contributed by atoms with Crippen LogP contribution in [0.15, 0.2) is 35.6 Å². The number of allylic oxidation sites excluding steroid dienone is 1. The van der Waals surface area contributed by atoms with Crippen LogP contribution in [0.5, 0.6) is 0 Å². The number of aliphatic hydroxyl groups excluding tert-OH is 1. The molecule has 0 aromatic heterocycles. The fourth-order valence-corrected chi connectivity index (χ4v) is 1.55. The van der Waals surface area contributed by atoms with E-state index in [1.54, 1.807) is 30.3 Å². The van der Waals surface area contributed by atoms with Gasteiger partial charge < -0.3 is 15.2 Å². The van der Waals surface area contributed by atoms with Crippen molar-refractivity contribution in [3.8, 4) is 6.07 Å². The Hall–Kier alpha value is -2.52. The Bertz CT molecular complexity index is 602. The minimum Gasteiger partial charge on any atom is -0.511 e. The molecule has 1 rings (SSSR count). The van der Waals surface area contributed by atoms with E-state index in [1.165, 1.54) is 7.11 Å². The number of hydrogen-bond acceptors (Lipinski definition) is 5. The average Bonchev–Trinajstić information content (AvgIpc) is 2.47. The summed E-state index contributed by atoms with van der Waals surface area (Å²) in [5.74, 6) is -1.77. The first kappa shape index (κ1) is 16.5. The Morgan fingerprint density at radius 1 is 1.33 bits per heavy atom. The van der Waals surface area contributed by atoms with Crippen molar-refractivity contribution < 1.29 is 19.4 Å². The lowest BCUT2D eigenvalue weighted by molar-refractivity contribution is -0.140. The molecule has 0 bridgehead atoms. The number of nitriles is 1. The molecule has 1 aromatic rings. The van der Waals surface area contributed by atoms with E-state index in [0.717, 1.165) is 0 Å². The minimum atomic E-state index is -0.762. The summed E-state index contributed by atoms with van der Waals surface area (Å²) in [7, 11) is 1.21. The fourth-order valence-electron chi connectivity index (χ4n) is 1.42. The van der Waals surface area contributed by atoms with Gasteiger partial charge in [-0.1, -0.05) is 11.6 Å². The first-order chi connectivity index (χ1) is 9.97. The maximum atomic E-state index is 11.9. The van der Waals surface area contributed by atoms with E-state index in [-0.39, 0.29) is 12.8 Å². The summed E-state index contributed by atoms with van der Waals surface area (Å²) >= 11 is 5.71. The number of nitrogens with zero attached hydrogens (tertiary/aromatic N) is 1. The van der Waals surface area contributed by atoms with E-state index in [9.17, 15) is 14.7 Å². The summed E-state index contributed by atoms with van der Waals surface area (Å²) in [5, 5.41) is 21.6. The molecule has 0 heterocycles. The molecule has 1 amide bonds. The molecular weight excluding hydrogens is 296 g/mol. The maximum absolute atomic E-state index is 11.9. The number of nitrogens with one attached hydrogen (secondary N) is 1. The number of methoxy groups -OCH3 is 1. The fraction of sp³-hybridized carbons (Fsp3) is 0.214. The second-order valence-corrected chi connectivity index (χ2v) is 4.41. The van der Waals surface area contributed by atoms with E-state index in [2.05, 4.69) is 10.1 Å². The highest BCUT2D eigenvalue weighted by Gasteiger charge is 2.16. The van der Waals surface area contributed by atoms with Crippen LogP contribution in [0.1, 0.15) is 12.8 Å². The molecule has 0 fully saturated rings. The third-order valence-corrected chi connectivity index (χ3v) is 2.78. The van der Waals surface area contributed by atoms with Crippen LogP contribution in [0.4, 0.5) is 5.69 Å². The average molecular weight is 309 g/mol. The number of hydrogen-bond donors (Lipinski definition) is 2. The van der Waals surface area contributed by atoms with Crippen LogP contribution in [0.3, 0.4) is 0 Å². The molecule has 0 aliphatic heterocycles. The molecule has 0 radical (unpaired) electrons. The molecule has 1 aromatic carbocycles. The van der Waals surface area contributed by atoms with Gasteiger partial charge in [0.25, 0.3) is 5.91 Å². The van der Waals surface area contributed by atoms with Crippen LogP contribution in [0.25, 0.3) is 0 Å². The molecule has 110 valence electrons. The first-order valence-corrected chi connectivity index (χ1v) is 6.31. The summed E-state index contributed by atoms with van der Waals surface area (Å²) in [6.45, 7) is 0. The van der Waals surface area contributed by atoms with Gasteiger partial charge >= 0.3 is 5.97 Å². The quantitative estimate of drug-likeness (QED) is 0.377. The van der Waals surface area contributed by atoms with Gasteiger partial charge in [-0.05, 0) is 24.3 Å². The molecule has 0 atom stereocenters. The third-order valence-electron chi connectivity index (χ3n) is 2.52. The Morgan fingerprint density at radius 3 is 2.48 bits per heavy atom. The SMILES string of the molecule is COC(=O)CC/C(O)=C(\C#N)C(=O)Nc1ccc(Cl)cc1. The monoisotopic (exact) mass is 308 g/mol. The van der Waals surface area contributed by atoms with Crippen molar-refractivity contribution in [2.45, 2.75) is 12.8 Å². The number of anilines is 1. The van der Waals surface area contributed by atoms with Crippen molar-refractivity contribution in [3.05, 3.63) is 40.6 Å². The summed E-state index contributed by atoms with van der Waals surface area (Å²) in [5.41, 5.74) is -0.0215. The summed E-state index contributed by atoms with van der Waals surface area (Å²) in [6, 6.07) is 7.87. The molecule has 6 nitrogen and oxygen atoms in total. The number of carbonyl (C=O) groups excluding carboxylic acids is 2. The summed E-state index contributed by atoms with van der Waals surface area (Å²) in [6.07, 6.45) is -0.272. The van der Waals surface area contributed by atoms with Crippen molar-refractivity contribution >= 4 is 29.2 Å². The molecule has 21 heavy (non-hydrogen) atoms. The molecule has 0 saturated carbocycles. The molecule has 7 heteroatoms. The Morgan fingerprint density at radius 2 is 1.95 bits per heavy atom. The van der Waals surface area contributed by atoms with Gasteiger partial charge in [-0.2, -0.15) is 5.26 Å². The Labute approximate surface area is 126 Å². The number of ether oxygens (including phenoxy) is 1. The van der Waals surface area contributed by atoms with Crippen LogP contribution in [0, 0.1) is 11.3 Å². The van der Waals surface area contributed by atoms with E-state index in [1.807, 2.05) is 0 Å². The number of carbonyl (C=O) groups is 2. The van der Waals surface area contributed by atoms with E-state index < -0.39 is 23.2 Å². The zero-order chi connectivity index (χ0) is 15.8. The number of benzene rings is 1. The number of esters is 1. The van der Waals surface area contributed by atoms with Crippen LogP contribution in [-0.2, 0) is 14.3 Å². The molecule has 2 N–H and O–H groups in total. The zero-order valence-electron chi connectivity index (χ0n) is 11.2. The Balaban J connectivity index is 2.78. The second-order valence-electron chi connectivity index (χ2n) is 3.97. The van der Waals surface area contributed by atoms with E-state index >= 15 is 0 Å². The molecule has 0 aliphatic rings. The van der Waals surface area contributed by atoms with Gasteiger partial charge in [0.1, 0.15) is 11.8 Å². The van der Waals surface area contributed by atoms with Gasteiger partial charge in [-0.25, -0.2) is 0 Å². The highest BCUT2D eigenvalue weighted by atomic mass is 35.5. The first-order valence-electron chi connectivity index (χ1n) is 5.94. The Kier molecular flexibility index (Phi) is 6.24. The van der Waals surface area contributed by atoms with Crippen LogP contribution >= 0.6 is 11.6 Å². The van der Waals surface area contributed by atoms with Crippen molar-refractivity contribution in [1.29, 1.82) is 5.26 Å². The van der Waals surface area contributed by atoms with Gasteiger partial charge in [0, 0.05) is 17.1 Å². The predicted molar refractivity (Wildman–Crippen MR) is 76.6 cm³/mol. The van der Waals surface area contributed by atoms with Crippen LogP contribution < -0.4 is 5.32 Å². The predicted octanol–water partition coefficient (Wildman–Crippen LogP) is 2.57. The maximum Gasteiger partial charge on any atom is 0.305 e. The van der Waals surface area contributed by atoms with Crippen molar-refractivity contribution in [1.82, 2.24) is 0 Å². The van der Waals surface area contributed by atoms with E-state index in [0.29, 0.717) is 10.7 Å². The van der Waals surface area contributed by atoms with Crippen molar-refractivity contribution in [2.75, 3.05) is 12.4 Å². The number of amides is 1. The number of rotatable bonds is 5. The highest BCUT2D eigenvalue weighted by molar-refractivity contribution is 6.30. The number of halogens is 1. The molecule has 0 saturated heterocycles. The largest absolute Gasteiger partial charge is 0.511 e. The van der Waals surface area contributed by atoms with Gasteiger partial charge in [0.15, 0.2) is 5.57 Å². The molecule has 0 unspecified atom stereocenters. The van der Waals surface area contributed by atoms with Crippen molar-refractivity contribution in [2.24, 2.45) is 0 Å². The molecule has 0 aliphatic carbocycles. The van der Waals surface area contributed by atoms with Crippen LogP contribution in [-0.4, -0.2) is 24.1 Å². The van der Waals surface area contributed by atoms with Crippen LogP contribution in [0.2, 0.25) is 5.02 Å². The van der Waals surface area contributed by atoms with Gasteiger partial charge in [0.2, 0.25) is 0 Å². The van der Waals surface area contributed by atoms with E-state index in [4.69, 9.17) is 16.9 Å². The van der Waals surface area contributed by atoms with Crippen molar-refractivity contribution in [3.63, 3.8) is 0 Å². The normalized spacial score (nSPS) is 11.1. The van der Waals surface area contributed by atoms with Gasteiger partial charge in [-0.3, -0.25) is 9.59 Å². The topological polar surface area (TPSA) is 99.4 Å². The summed E-state index contributed by atoms with van der Waals surface area (Å²) < 4.78 is 4.41. The summed E-state index contributed by atoms with van der Waals surface area (Å²) in [4.78, 5) is 22.9.